The van der Waals surface area contributed by atoms with Crippen molar-refractivity contribution in [1.29, 1.82) is 0 Å². The lowest BCUT2D eigenvalue weighted by Crippen LogP contribution is -2.46. The predicted octanol–water partition coefficient (Wildman–Crippen LogP) is 4.13. The average molecular weight is 365 g/mol. The van der Waals surface area contributed by atoms with Crippen molar-refractivity contribution in [2.45, 2.75) is 68.9 Å². The highest BCUT2D eigenvalue weighted by Crippen LogP contribution is 2.42. The fraction of sp³-hybridized carbons (Fsp3) is 0.588. The molecule has 0 spiro atoms. The molecule has 1 N–H and O–H groups in total. The molecule has 1 aliphatic carbocycles. The van der Waals surface area contributed by atoms with Gasteiger partial charge in [-0.3, -0.25) is 9.36 Å². The topological polar surface area (TPSA) is 59.8 Å². The van der Waals surface area contributed by atoms with Crippen LogP contribution in [0.4, 0.5) is 0 Å². The normalized spacial score (nSPS) is 16.2. The number of hydrogen-bond donors (Lipinski definition) is 1. The van der Waals surface area contributed by atoms with Crippen LogP contribution in [-0.4, -0.2) is 31.5 Å². The van der Waals surface area contributed by atoms with E-state index >= 15 is 0 Å². The van der Waals surface area contributed by atoms with Gasteiger partial charge in [0.25, 0.3) is 0 Å². The number of hydrogen-bond acceptors (Lipinski definition) is 5. The first kappa shape index (κ1) is 17.5. The molecular weight excluding hydrogens is 340 g/mol. The Morgan fingerprint density at radius 3 is 2.83 bits per heavy atom. The molecule has 2 heterocycles. The molecule has 2 aromatic rings. The van der Waals surface area contributed by atoms with Crippen LogP contribution in [0, 0.1) is 0 Å². The summed E-state index contributed by atoms with van der Waals surface area (Å²) in [4.78, 5) is 13.6. The molecular formula is C17H24N4OS2. The Morgan fingerprint density at radius 2 is 2.25 bits per heavy atom. The molecule has 1 amide bonds. The molecule has 3 rings (SSSR count). The van der Waals surface area contributed by atoms with Gasteiger partial charge in [-0.25, -0.2) is 0 Å². The number of amides is 1. The minimum atomic E-state index is -0.200. The Morgan fingerprint density at radius 1 is 1.50 bits per heavy atom. The fourth-order valence-corrected chi connectivity index (χ4v) is 3.95. The van der Waals surface area contributed by atoms with Crippen molar-refractivity contribution < 1.29 is 4.79 Å². The molecule has 2 aromatic heterocycles. The van der Waals surface area contributed by atoms with E-state index in [2.05, 4.69) is 38.5 Å². The molecule has 1 fully saturated rings. The molecule has 1 unspecified atom stereocenters. The molecule has 1 aliphatic rings. The lowest BCUT2D eigenvalue weighted by Gasteiger charge is -2.26. The number of rotatable bonds is 7. The molecule has 0 saturated heterocycles. The highest BCUT2D eigenvalue weighted by Gasteiger charge is 2.32. The molecule has 7 heteroatoms. The van der Waals surface area contributed by atoms with Crippen molar-refractivity contribution in [3.8, 4) is 10.7 Å². The van der Waals surface area contributed by atoms with Crippen LogP contribution in [0.5, 0.6) is 0 Å². The Kier molecular flexibility index (Phi) is 5.01. The lowest BCUT2D eigenvalue weighted by molar-refractivity contribution is -0.121. The van der Waals surface area contributed by atoms with Gasteiger partial charge in [0, 0.05) is 11.6 Å². The molecule has 5 nitrogen and oxygen atoms in total. The van der Waals surface area contributed by atoms with E-state index in [0.717, 1.165) is 35.1 Å². The Labute approximate surface area is 151 Å². The van der Waals surface area contributed by atoms with Crippen molar-refractivity contribution in [1.82, 2.24) is 20.1 Å². The minimum Gasteiger partial charge on any atom is -0.350 e. The minimum absolute atomic E-state index is 0.0508. The van der Waals surface area contributed by atoms with E-state index in [1.165, 1.54) is 11.8 Å². The second-order valence-electron chi connectivity index (χ2n) is 6.87. The summed E-state index contributed by atoms with van der Waals surface area (Å²) < 4.78 is 2.21. The lowest BCUT2D eigenvalue weighted by atomic mass is 10.0. The number of aromatic nitrogens is 3. The van der Waals surface area contributed by atoms with Gasteiger partial charge in [0.05, 0.1) is 10.1 Å². The van der Waals surface area contributed by atoms with E-state index in [1.54, 1.807) is 11.3 Å². The Balaban J connectivity index is 1.77. The van der Waals surface area contributed by atoms with E-state index < -0.39 is 0 Å². The molecule has 130 valence electrons. The van der Waals surface area contributed by atoms with E-state index in [4.69, 9.17) is 0 Å². The van der Waals surface area contributed by atoms with Gasteiger partial charge >= 0.3 is 0 Å². The van der Waals surface area contributed by atoms with Gasteiger partial charge in [0.15, 0.2) is 11.0 Å². The van der Waals surface area contributed by atoms with Crippen LogP contribution < -0.4 is 5.32 Å². The van der Waals surface area contributed by atoms with E-state index in [1.807, 2.05) is 26.8 Å². The van der Waals surface area contributed by atoms with Crippen molar-refractivity contribution in [2.24, 2.45) is 0 Å². The number of carbonyl (C=O) groups excluding carboxylic acids is 1. The zero-order chi connectivity index (χ0) is 17.3. The van der Waals surface area contributed by atoms with Gasteiger partial charge in [-0.1, -0.05) is 24.8 Å². The van der Waals surface area contributed by atoms with Crippen LogP contribution in [-0.2, 0) is 4.79 Å². The maximum atomic E-state index is 12.5. The fourth-order valence-electron chi connectivity index (χ4n) is 2.33. The van der Waals surface area contributed by atoms with Crippen molar-refractivity contribution in [3.05, 3.63) is 17.5 Å². The highest BCUT2D eigenvalue weighted by atomic mass is 32.2. The average Bonchev–Trinajstić information content (AvgIpc) is 3.07. The van der Waals surface area contributed by atoms with Crippen LogP contribution in [0.25, 0.3) is 10.7 Å². The first-order valence-electron chi connectivity index (χ1n) is 8.38. The van der Waals surface area contributed by atoms with Crippen molar-refractivity contribution in [2.75, 3.05) is 0 Å². The number of carbonyl (C=O) groups is 1. The third-order valence-corrected chi connectivity index (χ3v) is 6.24. The molecule has 0 radical (unpaired) electrons. The van der Waals surface area contributed by atoms with E-state index in [0.29, 0.717) is 6.04 Å². The summed E-state index contributed by atoms with van der Waals surface area (Å²) in [6, 6.07) is 4.57. The largest absolute Gasteiger partial charge is 0.350 e. The summed E-state index contributed by atoms with van der Waals surface area (Å²) in [5.41, 5.74) is -0.182. The number of thioether (sulfide) groups is 1. The predicted molar refractivity (Wildman–Crippen MR) is 99.4 cm³/mol. The van der Waals surface area contributed by atoms with Gasteiger partial charge < -0.3 is 5.32 Å². The second-order valence-corrected chi connectivity index (χ2v) is 9.13. The summed E-state index contributed by atoms with van der Waals surface area (Å²) in [5.74, 6) is 0.978. The summed E-state index contributed by atoms with van der Waals surface area (Å²) in [7, 11) is 0. The highest BCUT2D eigenvalue weighted by molar-refractivity contribution is 8.00. The summed E-state index contributed by atoms with van der Waals surface area (Å²) in [6.07, 6.45) is 3.22. The first-order valence-corrected chi connectivity index (χ1v) is 10.1. The smallest absolute Gasteiger partial charge is 0.233 e. The van der Waals surface area contributed by atoms with Gasteiger partial charge in [0.1, 0.15) is 0 Å². The third-order valence-electron chi connectivity index (χ3n) is 4.32. The molecule has 0 aliphatic heterocycles. The van der Waals surface area contributed by atoms with E-state index in [-0.39, 0.29) is 16.7 Å². The Hall–Kier alpha value is -1.34. The summed E-state index contributed by atoms with van der Waals surface area (Å²) in [5, 5.41) is 14.6. The molecule has 0 aromatic carbocycles. The summed E-state index contributed by atoms with van der Waals surface area (Å²) in [6.45, 7) is 8.10. The van der Waals surface area contributed by atoms with Crippen LogP contribution in [0.3, 0.4) is 0 Å². The molecule has 1 atom stereocenters. The molecule has 1 saturated carbocycles. The van der Waals surface area contributed by atoms with Crippen molar-refractivity contribution >= 4 is 29.0 Å². The monoisotopic (exact) mass is 364 g/mol. The number of thiophene rings is 1. The summed E-state index contributed by atoms with van der Waals surface area (Å²) >= 11 is 3.17. The van der Waals surface area contributed by atoms with Crippen LogP contribution in [0.2, 0.25) is 0 Å². The number of nitrogens with zero attached hydrogens (tertiary/aromatic N) is 3. The first-order chi connectivity index (χ1) is 11.4. The zero-order valence-electron chi connectivity index (χ0n) is 14.6. The maximum absolute atomic E-state index is 12.5. The van der Waals surface area contributed by atoms with Gasteiger partial charge in [-0.05, 0) is 51.5 Å². The van der Waals surface area contributed by atoms with Gasteiger partial charge in [0.2, 0.25) is 5.91 Å². The quantitative estimate of drug-likeness (QED) is 0.751. The second kappa shape index (κ2) is 6.88. The molecule has 24 heavy (non-hydrogen) atoms. The standard InChI is InChI=1S/C17H24N4OS2/c1-5-17(3,4)18-15(22)11(2)24-16-20-19-14(13-7-6-10-23-13)21(16)12-8-9-12/h6-7,10-12H,5,8-9H2,1-4H3,(H,18,22). The van der Waals surface area contributed by atoms with Gasteiger partial charge in [-0.2, -0.15) is 0 Å². The van der Waals surface area contributed by atoms with Crippen LogP contribution in [0.15, 0.2) is 22.7 Å². The SMILES string of the molecule is CCC(C)(C)NC(=O)C(C)Sc1nnc(-c2cccs2)n1C1CC1. The van der Waals surface area contributed by atoms with Crippen LogP contribution in [0.1, 0.15) is 53.0 Å². The van der Waals surface area contributed by atoms with Crippen molar-refractivity contribution in [3.63, 3.8) is 0 Å². The Bertz CT molecular complexity index is 704. The zero-order valence-corrected chi connectivity index (χ0v) is 16.2. The van der Waals surface area contributed by atoms with Crippen LogP contribution >= 0.6 is 23.1 Å². The third kappa shape index (κ3) is 3.83. The maximum Gasteiger partial charge on any atom is 0.233 e. The van der Waals surface area contributed by atoms with E-state index in [9.17, 15) is 4.79 Å². The molecule has 0 bridgehead atoms. The number of nitrogens with one attached hydrogen (secondary N) is 1. The van der Waals surface area contributed by atoms with Gasteiger partial charge in [-0.15, -0.1) is 21.5 Å².